The van der Waals surface area contributed by atoms with Crippen LogP contribution in [-0.4, -0.2) is 28.5 Å². The maximum Gasteiger partial charge on any atom is 0.407 e. The van der Waals surface area contributed by atoms with Crippen LogP contribution in [-0.2, 0) is 11.3 Å². The van der Waals surface area contributed by atoms with E-state index in [9.17, 15) is 4.79 Å². The van der Waals surface area contributed by atoms with Crippen molar-refractivity contribution in [3.05, 3.63) is 36.3 Å². The zero-order valence-electron chi connectivity index (χ0n) is 8.54. The number of ether oxygens (including phenoxy) is 1. The standard InChI is InChI=1S/C10H12N4O2/c11-9(15)16-10-13-5-2-6-14(10)7-8-3-1-4-12-8/h1-6,10,12H,7H2,(H2,11,15). The third-order valence-electron chi connectivity index (χ3n) is 2.10. The number of hydrogen-bond donors (Lipinski definition) is 2. The van der Waals surface area contributed by atoms with E-state index in [1.165, 1.54) is 0 Å². The van der Waals surface area contributed by atoms with Gasteiger partial charge in [0, 0.05) is 24.3 Å². The summed E-state index contributed by atoms with van der Waals surface area (Å²) in [6, 6.07) is 3.84. The van der Waals surface area contributed by atoms with Crippen LogP contribution in [0, 0.1) is 0 Å². The summed E-state index contributed by atoms with van der Waals surface area (Å²) in [7, 11) is 0. The zero-order chi connectivity index (χ0) is 11.4. The number of aromatic amines is 1. The molecule has 0 aromatic carbocycles. The van der Waals surface area contributed by atoms with Crippen molar-refractivity contribution in [2.45, 2.75) is 12.9 Å². The van der Waals surface area contributed by atoms with Gasteiger partial charge in [-0.25, -0.2) is 9.79 Å². The minimum atomic E-state index is -0.839. The maximum absolute atomic E-state index is 10.7. The average molecular weight is 220 g/mol. The Morgan fingerprint density at radius 2 is 2.56 bits per heavy atom. The van der Waals surface area contributed by atoms with Gasteiger partial charge < -0.3 is 20.4 Å². The predicted molar refractivity (Wildman–Crippen MR) is 58.4 cm³/mol. The molecule has 0 radical (unpaired) electrons. The normalized spacial score (nSPS) is 18.8. The Hall–Kier alpha value is -2.24. The number of carbonyl (C=O) groups excluding carboxylic acids is 1. The number of aliphatic imine (C=N–C) groups is 1. The van der Waals surface area contributed by atoms with Crippen molar-refractivity contribution in [1.82, 2.24) is 9.88 Å². The molecule has 6 heteroatoms. The molecule has 84 valence electrons. The molecule has 2 heterocycles. The third kappa shape index (κ3) is 2.41. The number of nitrogens with two attached hydrogens (primary N) is 1. The van der Waals surface area contributed by atoms with E-state index in [2.05, 4.69) is 9.98 Å². The number of H-pyrrole nitrogens is 1. The van der Waals surface area contributed by atoms with Crippen LogP contribution < -0.4 is 5.73 Å². The van der Waals surface area contributed by atoms with Crippen LogP contribution in [0.2, 0.25) is 0 Å². The number of allylic oxidation sites excluding steroid dienone is 1. The Morgan fingerprint density at radius 1 is 1.69 bits per heavy atom. The smallest absolute Gasteiger partial charge is 0.405 e. The predicted octanol–water partition coefficient (Wildman–Crippen LogP) is 0.794. The molecular formula is C10H12N4O2. The molecular weight excluding hydrogens is 208 g/mol. The largest absolute Gasteiger partial charge is 0.407 e. The molecule has 1 unspecified atom stereocenters. The van der Waals surface area contributed by atoms with Gasteiger partial charge in [-0.2, -0.15) is 0 Å². The van der Waals surface area contributed by atoms with E-state index in [0.29, 0.717) is 6.54 Å². The molecule has 1 amide bonds. The van der Waals surface area contributed by atoms with Crippen molar-refractivity contribution in [3.63, 3.8) is 0 Å². The number of carbonyl (C=O) groups is 1. The van der Waals surface area contributed by atoms with Gasteiger partial charge in [-0.05, 0) is 18.2 Å². The van der Waals surface area contributed by atoms with E-state index in [1.54, 1.807) is 23.4 Å². The molecule has 0 aliphatic carbocycles. The molecule has 0 spiro atoms. The second kappa shape index (κ2) is 4.52. The summed E-state index contributed by atoms with van der Waals surface area (Å²) in [4.78, 5) is 19.5. The molecule has 6 nitrogen and oxygen atoms in total. The average Bonchev–Trinajstić information content (AvgIpc) is 2.73. The molecule has 1 aromatic rings. The van der Waals surface area contributed by atoms with E-state index < -0.39 is 12.4 Å². The molecule has 0 saturated carbocycles. The highest BCUT2D eigenvalue weighted by atomic mass is 16.6. The minimum Gasteiger partial charge on any atom is -0.405 e. The molecule has 0 fully saturated rings. The number of nitrogens with zero attached hydrogens (tertiary/aromatic N) is 2. The van der Waals surface area contributed by atoms with Crippen LogP contribution in [0.5, 0.6) is 0 Å². The van der Waals surface area contributed by atoms with Crippen molar-refractivity contribution >= 4 is 12.3 Å². The van der Waals surface area contributed by atoms with Gasteiger partial charge >= 0.3 is 6.09 Å². The Labute approximate surface area is 92.4 Å². The Balaban J connectivity index is 2.03. The van der Waals surface area contributed by atoms with E-state index in [1.807, 2.05) is 18.3 Å². The fourth-order valence-electron chi connectivity index (χ4n) is 1.43. The minimum absolute atomic E-state index is 0.568. The van der Waals surface area contributed by atoms with Crippen molar-refractivity contribution in [2.75, 3.05) is 0 Å². The van der Waals surface area contributed by atoms with Crippen LogP contribution in [0.25, 0.3) is 0 Å². The van der Waals surface area contributed by atoms with Crippen LogP contribution >= 0.6 is 0 Å². The van der Waals surface area contributed by atoms with Crippen molar-refractivity contribution in [1.29, 1.82) is 0 Å². The topological polar surface area (TPSA) is 83.7 Å². The quantitative estimate of drug-likeness (QED) is 0.790. The summed E-state index contributed by atoms with van der Waals surface area (Å²) < 4.78 is 4.85. The first-order chi connectivity index (χ1) is 7.75. The maximum atomic E-state index is 10.7. The summed E-state index contributed by atoms with van der Waals surface area (Å²) in [5, 5.41) is 0. The van der Waals surface area contributed by atoms with Gasteiger partial charge in [0.2, 0.25) is 0 Å². The second-order valence-electron chi connectivity index (χ2n) is 3.27. The lowest BCUT2D eigenvalue weighted by atomic mass is 10.4. The van der Waals surface area contributed by atoms with Crippen LogP contribution in [0.4, 0.5) is 4.79 Å². The number of nitrogens with one attached hydrogen (secondary N) is 1. The number of rotatable bonds is 3. The first-order valence-corrected chi connectivity index (χ1v) is 4.80. The van der Waals surface area contributed by atoms with Crippen LogP contribution in [0.15, 0.2) is 35.6 Å². The Bertz CT molecular complexity index is 410. The SMILES string of the molecule is NC(=O)OC1N=CC=CN1Cc1ccc[nH]1. The number of primary amides is 1. The fraction of sp³-hybridized carbons (Fsp3) is 0.200. The van der Waals surface area contributed by atoms with Gasteiger partial charge in [-0.1, -0.05) is 0 Å². The van der Waals surface area contributed by atoms with Crippen molar-refractivity contribution in [3.8, 4) is 0 Å². The zero-order valence-corrected chi connectivity index (χ0v) is 8.54. The van der Waals surface area contributed by atoms with Crippen molar-refractivity contribution in [2.24, 2.45) is 10.7 Å². The summed E-state index contributed by atoms with van der Waals surface area (Å²) in [5.74, 6) is 0. The van der Waals surface area contributed by atoms with Gasteiger partial charge in [-0.3, -0.25) is 0 Å². The Kier molecular flexibility index (Phi) is 2.90. The van der Waals surface area contributed by atoms with Gasteiger partial charge in [0.05, 0.1) is 6.54 Å². The van der Waals surface area contributed by atoms with E-state index in [4.69, 9.17) is 10.5 Å². The third-order valence-corrected chi connectivity index (χ3v) is 2.10. The molecule has 0 bridgehead atoms. The summed E-state index contributed by atoms with van der Waals surface area (Å²) in [5.41, 5.74) is 5.97. The highest BCUT2D eigenvalue weighted by Gasteiger charge is 2.19. The lowest BCUT2D eigenvalue weighted by Crippen LogP contribution is -2.36. The molecule has 3 N–H and O–H groups in total. The van der Waals surface area contributed by atoms with E-state index >= 15 is 0 Å². The lowest BCUT2D eigenvalue weighted by molar-refractivity contribution is 0.0184. The molecule has 1 atom stereocenters. The summed E-state index contributed by atoms with van der Waals surface area (Å²) >= 11 is 0. The second-order valence-corrected chi connectivity index (χ2v) is 3.27. The monoisotopic (exact) mass is 220 g/mol. The van der Waals surface area contributed by atoms with Crippen molar-refractivity contribution < 1.29 is 9.53 Å². The molecule has 16 heavy (non-hydrogen) atoms. The summed E-state index contributed by atoms with van der Waals surface area (Å²) in [6.07, 6.45) is 5.43. The van der Waals surface area contributed by atoms with Crippen LogP contribution in [0.1, 0.15) is 5.69 Å². The fourth-order valence-corrected chi connectivity index (χ4v) is 1.43. The Morgan fingerprint density at radius 3 is 3.25 bits per heavy atom. The summed E-state index contributed by atoms with van der Waals surface area (Å²) in [6.45, 7) is 0.568. The number of amides is 1. The molecule has 0 saturated heterocycles. The number of aromatic nitrogens is 1. The molecule has 1 aromatic heterocycles. The van der Waals surface area contributed by atoms with Crippen LogP contribution in [0.3, 0.4) is 0 Å². The first-order valence-electron chi connectivity index (χ1n) is 4.80. The highest BCUT2D eigenvalue weighted by molar-refractivity contribution is 5.72. The molecule has 2 rings (SSSR count). The first kappa shape index (κ1) is 10.3. The van der Waals surface area contributed by atoms with Gasteiger partial charge in [0.1, 0.15) is 0 Å². The molecule has 1 aliphatic heterocycles. The lowest BCUT2D eigenvalue weighted by Gasteiger charge is -2.27. The number of hydrogen-bond acceptors (Lipinski definition) is 4. The molecule has 1 aliphatic rings. The van der Waals surface area contributed by atoms with Gasteiger partial charge in [0.15, 0.2) is 0 Å². The van der Waals surface area contributed by atoms with Gasteiger partial charge in [-0.15, -0.1) is 0 Å². The van der Waals surface area contributed by atoms with Gasteiger partial charge in [0.25, 0.3) is 6.35 Å². The van der Waals surface area contributed by atoms with E-state index in [-0.39, 0.29) is 0 Å². The highest BCUT2D eigenvalue weighted by Crippen LogP contribution is 2.12. The van der Waals surface area contributed by atoms with E-state index in [0.717, 1.165) is 5.69 Å².